The molecule has 0 bridgehead atoms. The monoisotopic (exact) mass is 262 g/mol. The van der Waals surface area contributed by atoms with E-state index in [9.17, 15) is 4.79 Å². The summed E-state index contributed by atoms with van der Waals surface area (Å²) in [6.45, 7) is 3.37. The third-order valence-corrected chi connectivity index (χ3v) is 2.65. The SMILES string of the molecule is CCCNC(=O)NCCCc1cnc2ncnn2c1. The number of rotatable bonds is 6. The van der Waals surface area contributed by atoms with Crippen LogP contribution in [0.4, 0.5) is 4.79 Å². The van der Waals surface area contributed by atoms with Gasteiger partial charge in [0, 0.05) is 25.5 Å². The Hall–Kier alpha value is -2.18. The van der Waals surface area contributed by atoms with E-state index in [1.165, 1.54) is 6.33 Å². The van der Waals surface area contributed by atoms with Gasteiger partial charge in [-0.2, -0.15) is 10.1 Å². The molecular weight excluding hydrogens is 244 g/mol. The van der Waals surface area contributed by atoms with Crippen molar-refractivity contribution in [1.29, 1.82) is 0 Å². The highest BCUT2D eigenvalue weighted by atomic mass is 16.2. The molecule has 2 rings (SSSR count). The lowest BCUT2D eigenvalue weighted by Gasteiger charge is -2.06. The van der Waals surface area contributed by atoms with Gasteiger partial charge in [0.15, 0.2) is 0 Å². The minimum absolute atomic E-state index is 0.105. The number of hydrogen-bond donors (Lipinski definition) is 2. The summed E-state index contributed by atoms with van der Waals surface area (Å²) in [4.78, 5) is 19.5. The Morgan fingerprint density at radius 1 is 1.32 bits per heavy atom. The van der Waals surface area contributed by atoms with Gasteiger partial charge in [0.2, 0.25) is 0 Å². The van der Waals surface area contributed by atoms with Crippen LogP contribution < -0.4 is 10.6 Å². The number of nitrogens with zero attached hydrogens (tertiary/aromatic N) is 4. The second kappa shape index (κ2) is 6.67. The molecule has 7 heteroatoms. The first-order valence-electron chi connectivity index (χ1n) is 6.45. The molecule has 0 atom stereocenters. The molecule has 19 heavy (non-hydrogen) atoms. The van der Waals surface area contributed by atoms with Gasteiger partial charge in [-0.1, -0.05) is 6.92 Å². The lowest BCUT2D eigenvalue weighted by atomic mass is 10.2. The quantitative estimate of drug-likeness (QED) is 0.753. The van der Waals surface area contributed by atoms with Crippen LogP contribution >= 0.6 is 0 Å². The maximum atomic E-state index is 11.3. The van der Waals surface area contributed by atoms with Crippen LogP contribution in [0.3, 0.4) is 0 Å². The number of amides is 2. The van der Waals surface area contributed by atoms with Crippen molar-refractivity contribution in [2.45, 2.75) is 26.2 Å². The van der Waals surface area contributed by atoms with Gasteiger partial charge < -0.3 is 10.6 Å². The standard InChI is InChI=1S/C12H18N6O/c1-2-5-13-12(19)14-6-3-4-10-7-15-11-16-9-17-18(11)8-10/h7-9H,2-6H2,1H3,(H2,13,14,19). The molecule has 102 valence electrons. The Bertz CT molecular complexity index is 538. The average Bonchev–Trinajstić information content (AvgIpc) is 2.88. The molecule has 2 aromatic heterocycles. The minimum atomic E-state index is -0.105. The van der Waals surface area contributed by atoms with E-state index in [2.05, 4.69) is 25.7 Å². The summed E-state index contributed by atoms with van der Waals surface area (Å²) in [5, 5.41) is 9.61. The molecule has 0 saturated carbocycles. The number of hydrogen-bond acceptors (Lipinski definition) is 4. The molecule has 2 aromatic rings. The molecule has 7 nitrogen and oxygen atoms in total. The topological polar surface area (TPSA) is 84.2 Å². The number of carbonyl (C=O) groups is 1. The summed E-state index contributed by atoms with van der Waals surface area (Å²) >= 11 is 0. The molecule has 0 unspecified atom stereocenters. The van der Waals surface area contributed by atoms with Crippen molar-refractivity contribution in [2.75, 3.05) is 13.1 Å². The molecule has 0 fully saturated rings. The van der Waals surface area contributed by atoms with Gasteiger partial charge in [0.1, 0.15) is 6.33 Å². The predicted octanol–water partition coefficient (Wildman–Crippen LogP) is 0.766. The van der Waals surface area contributed by atoms with Crippen molar-refractivity contribution in [3.05, 3.63) is 24.3 Å². The summed E-state index contributed by atoms with van der Waals surface area (Å²) in [5.41, 5.74) is 1.08. The van der Waals surface area contributed by atoms with Crippen LogP contribution in [0.5, 0.6) is 0 Å². The highest BCUT2D eigenvalue weighted by Crippen LogP contribution is 2.02. The first kappa shape index (κ1) is 13.3. The van der Waals surface area contributed by atoms with E-state index >= 15 is 0 Å². The summed E-state index contributed by atoms with van der Waals surface area (Å²) in [6.07, 6.45) is 7.83. The Morgan fingerprint density at radius 3 is 3.00 bits per heavy atom. The zero-order valence-corrected chi connectivity index (χ0v) is 11.0. The van der Waals surface area contributed by atoms with E-state index < -0.39 is 0 Å². The van der Waals surface area contributed by atoms with E-state index in [0.717, 1.165) is 24.8 Å². The van der Waals surface area contributed by atoms with Gasteiger partial charge >= 0.3 is 6.03 Å². The van der Waals surface area contributed by atoms with E-state index in [1.807, 2.05) is 13.1 Å². The van der Waals surface area contributed by atoms with Gasteiger partial charge in [-0.15, -0.1) is 0 Å². The molecule has 0 aliphatic heterocycles. The smallest absolute Gasteiger partial charge is 0.314 e. The zero-order valence-electron chi connectivity index (χ0n) is 11.0. The van der Waals surface area contributed by atoms with Gasteiger partial charge in [0.25, 0.3) is 5.78 Å². The van der Waals surface area contributed by atoms with E-state index in [0.29, 0.717) is 18.9 Å². The molecular formula is C12H18N6O. The van der Waals surface area contributed by atoms with E-state index in [-0.39, 0.29) is 6.03 Å². The normalized spacial score (nSPS) is 10.6. The van der Waals surface area contributed by atoms with Gasteiger partial charge in [-0.25, -0.2) is 14.3 Å². The number of carbonyl (C=O) groups excluding carboxylic acids is 1. The summed E-state index contributed by atoms with van der Waals surface area (Å²) in [6, 6.07) is -0.105. The highest BCUT2D eigenvalue weighted by molar-refractivity contribution is 5.73. The van der Waals surface area contributed by atoms with Crippen molar-refractivity contribution in [2.24, 2.45) is 0 Å². The number of fused-ring (bicyclic) bond motifs is 1. The van der Waals surface area contributed by atoms with Crippen LogP contribution in [0.15, 0.2) is 18.7 Å². The lowest BCUT2D eigenvalue weighted by molar-refractivity contribution is 0.241. The second-order valence-corrected chi connectivity index (χ2v) is 4.25. The van der Waals surface area contributed by atoms with Crippen LogP contribution in [-0.4, -0.2) is 38.7 Å². The maximum absolute atomic E-state index is 11.3. The van der Waals surface area contributed by atoms with Crippen LogP contribution in [0.2, 0.25) is 0 Å². The maximum Gasteiger partial charge on any atom is 0.314 e. The van der Waals surface area contributed by atoms with Crippen LogP contribution in [0, 0.1) is 0 Å². The average molecular weight is 262 g/mol. The predicted molar refractivity (Wildman–Crippen MR) is 70.8 cm³/mol. The number of urea groups is 1. The summed E-state index contributed by atoms with van der Waals surface area (Å²) < 4.78 is 1.65. The number of aryl methyl sites for hydroxylation is 1. The van der Waals surface area contributed by atoms with Crippen molar-refractivity contribution in [3.8, 4) is 0 Å². The lowest BCUT2D eigenvalue weighted by Crippen LogP contribution is -2.36. The van der Waals surface area contributed by atoms with Crippen molar-refractivity contribution in [3.63, 3.8) is 0 Å². The number of aromatic nitrogens is 4. The van der Waals surface area contributed by atoms with Crippen molar-refractivity contribution >= 4 is 11.8 Å². The first-order valence-corrected chi connectivity index (χ1v) is 6.45. The molecule has 0 aromatic carbocycles. The fraction of sp³-hybridized carbons (Fsp3) is 0.500. The van der Waals surface area contributed by atoms with E-state index in [4.69, 9.17) is 0 Å². The second-order valence-electron chi connectivity index (χ2n) is 4.25. The molecule has 0 radical (unpaired) electrons. The molecule has 2 heterocycles. The molecule has 2 amide bonds. The fourth-order valence-corrected chi connectivity index (χ4v) is 1.68. The van der Waals surface area contributed by atoms with E-state index in [1.54, 1.807) is 10.7 Å². The molecule has 0 aliphatic rings. The molecule has 0 aliphatic carbocycles. The van der Waals surface area contributed by atoms with Gasteiger partial charge in [-0.3, -0.25) is 0 Å². The third kappa shape index (κ3) is 3.90. The third-order valence-electron chi connectivity index (χ3n) is 2.65. The minimum Gasteiger partial charge on any atom is -0.338 e. The molecule has 0 spiro atoms. The number of nitrogens with one attached hydrogen (secondary N) is 2. The molecule has 2 N–H and O–H groups in total. The summed E-state index contributed by atoms with van der Waals surface area (Å²) in [7, 11) is 0. The Kier molecular flexibility index (Phi) is 4.66. The Balaban J connectivity index is 1.72. The van der Waals surface area contributed by atoms with Crippen molar-refractivity contribution in [1.82, 2.24) is 30.2 Å². The van der Waals surface area contributed by atoms with Crippen LogP contribution in [-0.2, 0) is 6.42 Å². The Morgan fingerprint density at radius 2 is 2.16 bits per heavy atom. The van der Waals surface area contributed by atoms with Gasteiger partial charge in [-0.05, 0) is 24.8 Å². The highest BCUT2D eigenvalue weighted by Gasteiger charge is 2.01. The largest absolute Gasteiger partial charge is 0.338 e. The Labute approximate surface area is 111 Å². The molecule has 0 saturated heterocycles. The fourth-order valence-electron chi connectivity index (χ4n) is 1.68. The van der Waals surface area contributed by atoms with Crippen LogP contribution in [0.1, 0.15) is 25.3 Å². The summed E-state index contributed by atoms with van der Waals surface area (Å²) in [5.74, 6) is 0.598. The zero-order chi connectivity index (χ0) is 13.5. The first-order chi connectivity index (χ1) is 9.29. The van der Waals surface area contributed by atoms with Crippen LogP contribution in [0.25, 0.3) is 5.78 Å². The van der Waals surface area contributed by atoms with Crippen molar-refractivity contribution < 1.29 is 4.79 Å². The van der Waals surface area contributed by atoms with Gasteiger partial charge in [0.05, 0.1) is 0 Å².